The summed E-state index contributed by atoms with van der Waals surface area (Å²) in [5.74, 6) is 1.02. The number of rotatable bonds is 5. The molecule has 0 heterocycles. The van der Waals surface area contributed by atoms with E-state index in [1.807, 2.05) is 18.2 Å². The number of nitro groups is 1. The zero-order chi connectivity index (χ0) is 15.4. The van der Waals surface area contributed by atoms with Crippen LogP contribution in [-0.2, 0) is 12.5 Å². The second-order valence-electron chi connectivity index (χ2n) is 4.18. The Hall–Kier alpha value is -1.11. The molecule has 2 rings (SSSR count). The first kappa shape index (κ1) is 16.3. The van der Waals surface area contributed by atoms with Crippen LogP contribution in [0.3, 0.4) is 0 Å². The van der Waals surface area contributed by atoms with E-state index < -0.39 is 4.92 Å². The van der Waals surface area contributed by atoms with Crippen molar-refractivity contribution < 1.29 is 9.66 Å². The fraction of sp³-hybridized carbons (Fsp3) is 0.143. The van der Waals surface area contributed by atoms with E-state index in [2.05, 4.69) is 31.9 Å². The van der Waals surface area contributed by atoms with Gasteiger partial charge in [0, 0.05) is 27.7 Å². The normalized spacial score (nSPS) is 10.4. The van der Waals surface area contributed by atoms with Gasteiger partial charge < -0.3 is 4.74 Å². The second-order valence-corrected chi connectivity index (χ2v) is 6.16. The number of nitro benzene ring substituents is 1. The van der Waals surface area contributed by atoms with Crippen molar-refractivity contribution in [1.82, 2.24) is 0 Å². The highest BCUT2D eigenvalue weighted by atomic mass is 79.9. The molecule has 0 aromatic heterocycles. The molecule has 4 nitrogen and oxygen atoms in total. The fourth-order valence-electron chi connectivity index (χ4n) is 1.74. The van der Waals surface area contributed by atoms with Crippen molar-refractivity contribution in [3.05, 3.63) is 66.6 Å². The van der Waals surface area contributed by atoms with Gasteiger partial charge in [-0.05, 0) is 28.1 Å². The van der Waals surface area contributed by atoms with Crippen LogP contribution in [0.5, 0.6) is 5.75 Å². The molecule has 0 aliphatic heterocycles. The maximum atomic E-state index is 10.7. The topological polar surface area (TPSA) is 52.4 Å². The maximum absolute atomic E-state index is 10.7. The number of alkyl halides is 1. The molecule has 21 heavy (non-hydrogen) atoms. The van der Waals surface area contributed by atoms with Crippen LogP contribution in [0.1, 0.15) is 11.1 Å². The summed E-state index contributed by atoms with van der Waals surface area (Å²) in [6, 6.07) is 10.2. The summed E-state index contributed by atoms with van der Waals surface area (Å²) in [5.41, 5.74) is 1.73. The van der Waals surface area contributed by atoms with Gasteiger partial charge in [0.2, 0.25) is 0 Å². The van der Waals surface area contributed by atoms with Gasteiger partial charge in [0.15, 0.2) is 0 Å². The highest BCUT2D eigenvalue weighted by Gasteiger charge is 2.12. The molecule has 0 saturated heterocycles. The number of non-ortho nitro benzene ring substituents is 1. The molecule has 0 N–H and O–H groups in total. The highest BCUT2D eigenvalue weighted by molar-refractivity contribution is 9.10. The molecule has 2 aromatic rings. The summed E-state index contributed by atoms with van der Waals surface area (Å²) < 4.78 is 7.25. The third kappa shape index (κ3) is 3.96. The maximum Gasteiger partial charge on any atom is 0.270 e. The first-order valence-corrected chi connectivity index (χ1v) is 8.04. The van der Waals surface area contributed by atoms with E-state index >= 15 is 0 Å². The van der Waals surface area contributed by atoms with Gasteiger partial charge in [-0.1, -0.05) is 28.1 Å². The van der Waals surface area contributed by atoms with Crippen LogP contribution in [0.25, 0.3) is 0 Å². The average Bonchev–Trinajstić information content (AvgIpc) is 2.46. The Bertz CT molecular complexity index is 679. The molecule has 0 bridgehead atoms. The molecule has 0 fully saturated rings. The highest BCUT2D eigenvalue weighted by Crippen LogP contribution is 2.32. The summed E-state index contributed by atoms with van der Waals surface area (Å²) in [6.45, 7) is 0.283. The largest absolute Gasteiger partial charge is 0.487 e. The van der Waals surface area contributed by atoms with E-state index in [1.165, 1.54) is 12.1 Å². The standard InChI is InChI=1S/C14H10Br2ClNO3/c15-12-3-1-2-9(7-17)14(12)21-8-10-4-5-11(18(19)20)6-13(10)16/h1-6H,7-8H2. The van der Waals surface area contributed by atoms with Crippen molar-refractivity contribution in [2.45, 2.75) is 12.5 Å². The van der Waals surface area contributed by atoms with Gasteiger partial charge in [-0.15, -0.1) is 11.6 Å². The zero-order valence-electron chi connectivity index (χ0n) is 10.7. The minimum absolute atomic E-state index is 0.0352. The summed E-state index contributed by atoms with van der Waals surface area (Å²) in [7, 11) is 0. The number of halogens is 3. The van der Waals surface area contributed by atoms with Gasteiger partial charge in [-0.2, -0.15) is 0 Å². The molecule has 110 valence electrons. The minimum Gasteiger partial charge on any atom is -0.487 e. The predicted molar refractivity (Wildman–Crippen MR) is 88.8 cm³/mol. The predicted octanol–water partition coefficient (Wildman–Crippen LogP) is 5.44. The number of benzene rings is 2. The van der Waals surface area contributed by atoms with Gasteiger partial charge in [0.05, 0.1) is 15.3 Å². The van der Waals surface area contributed by atoms with Crippen molar-refractivity contribution in [3.63, 3.8) is 0 Å². The van der Waals surface area contributed by atoms with Crippen molar-refractivity contribution in [3.8, 4) is 5.75 Å². The summed E-state index contributed by atoms with van der Waals surface area (Å²) in [6.07, 6.45) is 0. The lowest BCUT2D eigenvalue weighted by Crippen LogP contribution is -2.00. The lowest BCUT2D eigenvalue weighted by molar-refractivity contribution is -0.384. The SMILES string of the molecule is O=[N+]([O-])c1ccc(COc2c(Br)cccc2CCl)c(Br)c1. The Balaban J connectivity index is 2.19. The summed E-state index contributed by atoms with van der Waals surface area (Å²) >= 11 is 12.6. The Morgan fingerprint density at radius 3 is 2.52 bits per heavy atom. The molecule has 7 heteroatoms. The zero-order valence-corrected chi connectivity index (χ0v) is 14.6. The smallest absolute Gasteiger partial charge is 0.270 e. The van der Waals surface area contributed by atoms with Gasteiger partial charge in [-0.3, -0.25) is 10.1 Å². The molecule has 0 aliphatic rings. The van der Waals surface area contributed by atoms with E-state index in [-0.39, 0.29) is 12.3 Å². The molecule has 0 aliphatic carbocycles. The summed E-state index contributed by atoms with van der Waals surface area (Å²) in [4.78, 5) is 10.3. The monoisotopic (exact) mass is 433 g/mol. The van der Waals surface area contributed by atoms with E-state index in [4.69, 9.17) is 16.3 Å². The average molecular weight is 435 g/mol. The lowest BCUT2D eigenvalue weighted by atomic mass is 10.2. The van der Waals surface area contributed by atoms with Gasteiger partial charge in [-0.25, -0.2) is 0 Å². The molecule has 0 radical (unpaired) electrons. The number of hydrogen-bond acceptors (Lipinski definition) is 3. The molecule has 0 amide bonds. The first-order valence-electron chi connectivity index (χ1n) is 5.92. The van der Waals surface area contributed by atoms with Crippen molar-refractivity contribution >= 4 is 49.1 Å². The van der Waals surface area contributed by atoms with Crippen LogP contribution in [0.15, 0.2) is 45.3 Å². The molecule has 0 saturated carbocycles. The van der Waals surface area contributed by atoms with Gasteiger partial charge in [0.25, 0.3) is 5.69 Å². The third-order valence-corrected chi connectivity index (χ3v) is 4.46. The number of para-hydroxylation sites is 1. The van der Waals surface area contributed by atoms with Crippen LogP contribution >= 0.6 is 43.5 Å². The third-order valence-electron chi connectivity index (χ3n) is 2.81. The first-order chi connectivity index (χ1) is 10.0. The van der Waals surface area contributed by atoms with Crippen molar-refractivity contribution in [2.24, 2.45) is 0 Å². The van der Waals surface area contributed by atoms with Crippen LogP contribution < -0.4 is 4.74 Å². The van der Waals surface area contributed by atoms with Crippen LogP contribution in [-0.4, -0.2) is 4.92 Å². The molecule has 0 spiro atoms. The van der Waals surface area contributed by atoms with E-state index in [0.29, 0.717) is 16.1 Å². The quantitative estimate of drug-likeness (QED) is 0.357. The van der Waals surface area contributed by atoms with Gasteiger partial charge >= 0.3 is 0 Å². The Labute approximate surface area is 143 Å². The Morgan fingerprint density at radius 1 is 1.14 bits per heavy atom. The molecular weight excluding hydrogens is 425 g/mol. The van der Waals surface area contributed by atoms with E-state index in [0.717, 1.165) is 15.6 Å². The lowest BCUT2D eigenvalue weighted by Gasteiger charge is -2.12. The Morgan fingerprint density at radius 2 is 1.90 bits per heavy atom. The van der Waals surface area contributed by atoms with Gasteiger partial charge in [0.1, 0.15) is 12.4 Å². The molecule has 0 atom stereocenters. The molecular formula is C14H10Br2ClNO3. The van der Waals surface area contributed by atoms with Crippen LogP contribution in [0.2, 0.25) is 0 Å². The Kier molecular flexibility index (Phi) is 5.61. The van der Waals surface area contributed by atoms with Crippen LogP contribution in [0, 0.1) is 10.1 Å². The second kappa shape index (κ2) is 7.24. The number of nitrogens with zero attached hydrogens (tertiary/aromatic N) is 1. The van der Waals surface area contributed by atoms with Crippen LogP contribution in [0.4, 0.5) is 5.69 Å². The number of hydrogen-bond donors (Lipinski definition) is 0. The molecule has 0 unspecified atom stereocenters. The fourth-order valence-corrected chi connectivity index (χ4v) is 2.95. The molecule has 2 aromatic carbocycles. The van der Waals surface area contributed by atoms with Crippen molar-refractivity contribution in [2.75, 3.05) is 0 Å². The minimum atomic E-state index is -0.436. The van der Waals surface area contributed by atoms with E-state index in [1.54, 1.807) is 6.07 Å². The summed E-state index contributed by atoms with van der Waals surface area (Å²) in [5, 5.41) is 10.7. The number of ether oxygens (including phenoxy) is 1. The van der Waals surface area contributed by atoms with Crippen molar-refractivity contribution in [1.29, 1.82) is 0 Å². The van der Waals surface area contributed by atoms with E-state index in [9.17, 15) is 10.1 Å².